The predicted molar refractivity (Wildman–Crippen MR) is 102 cm³/mol. The summed E-state index contributed by atoms with van der Waals surface area (Å²) in [7, 11) is 1.64. The van der Waals surface area contributed by atoms with E-state index in [0.717, 1.165) is 48.4 Å². The van der Waals surface area contributed by atoms with E-state index in [1.54, 1.807) is 25.9 Å². The molecule has 4 aromatic rings. The monoisotopic (exact) mass is 377 g/mol. The lowest BCUT2D eigenvalue weighted by Gasteiger charge is -2.31. The van der Waals surface area contributed by atoms with Gasteiger partial charge in [0.25, 0.3) is 0 Å². The van der Waals surface area contributed by atoms with Crippen LogP contribution in [0.2, 0.25) is 0 Å². The van der Waals surface area contributed by atoms with E-state index in [4.69, 9.17) is 13.7 Å². The highest BCUT2D eigenvalue weighted by Gasteiger charge is 2.26. The molecule has 0 aliphatic carbocycles. The number of hydrogen-bond donors (Lipinski definition) is 0. The first-order chi connectivity index (χ1) is 13.8. The third kappa shape index (κ3) is 2.87. The average molecular weight is 377 g/mol. The zero-order valence-electron chi connectivity index (χ0n) is 15.4. The molecule has 8 heteroatoms. The van der Waals surface area contributed by atoms with Crippen LogP contribution in [0.3, 0.4) is 0 Å². The van der Waals surface area contributed by atoms with Crippen LogP contribution in [0.5, 0.6) is 5.75 Å². The Labute approximate surface area is 161 Å². The topological polar surface area (TPSA) is 90.3 Å². The van der Waals surface area contributed by atoms with Gasteiger partial charge in [-0.2, -0.15) is 4.98 Å². The van der Waals surface area contributed by atoms with Gasteiger partial charge >= 0.3 is 0 Å². The third-order valence-corrected chi connectivity index (χ3v) is 5.21. The number of piperidine rings is 1. The minimum absolute atomic E-state index is 0.240. The Hall–Kier alpha value is -3.42. The number of rotatable bonds is 4. The highest BCUT2D eigenvalue weighted by molar-refractivity contribution is 5.94. The fraction of sp³-hybridized carbons (Fsp3) is 0.300. The molecule has 28 heavy (non-hydrogen) atoms. The van der Waals surface area contributed by atoms with E-state index in [0.29, 0.717) is 17.3 Å². The molecule has 0 saturated carbocycles. The molecule has 0 N–H and O–H groups in total. The minimum atomic E-state index is 0.240. The van der Waals surface area contributed by atoms with E-state index in [9.17, 15) is 0 Å². The van der Waals surface area contributed by atoms with Crippen molar-refractivity contribution in [2.75, 3.05) is 25.1 Å². The number of aromatic nitrogens is 4. The minimum Gasteiger partial charge on any atom is -0.496 e. The predicted octanol–water partition coefficient (Wildman–Crippen LogP) is 3.67. The maximum atomic E-state index is 5.64. The zero-order chi connectivity index (χ0) is 18.9. The van der Waals surface area contributed by atoms with Crippen molar-refractivity contribution < 1.29 is 13.7 Å². The Kier molecular flexibility index (Phi) is 4.16. The van der Waals surface area contributed by atoms with E-state index in [2.05, 4.69) is 25.0 Å². The Morgan fingerprint density at radius 3 is 2.82 bits per heavy atom. The Morgan fingerprint density at radius 1 is 1.14 bits per heavy atom. The van der Waals surface area contributed by atoms with E-state index < -0.39 is 0 Å². The van der Waals surface area contributed by atoms with Crippen LogP contribution < -0.4 is 9.64 Å². The summed E-state index contributed by atoms with van der Waals surface area (Å²) in [5, 5.41) is 5.10. The van der Waals surface area contributed by atoms with Gasteiger partial charge in [-0.3, -0.25) is 0 Å². The molecule has 142 valence electrons. The smallest absolute Gasteiger partial charge is 0.230 e. The van der Waals surface area contributed by atoms with Crippen molar-refractivity contribution in [2.45, 2.75) is 18.8 Å². The van der Waals surface area contributed by atoms with E-state index >= 15 is 0 Å². The summed E-state index contributed by atoms with van der Waals surface area (Å²) in [5.74, 6) is 3.17. The van der Waals surface area contributed by atoms with Crippen molar-refractivity contribution in [1.82, 2.24) is 20.1 Å². The average Bonchev–Trinajstić information content (AvgIpc) is 3.44. The molecule has 5 rings (SSSR count). The quantitative estimate of drug-likeness (QED) is 0.532. The van der Waals surface area contributed by atoms with Crippen molar-refractivity contribution in [3.05, 3.63) is 48.9 Å². The lowest BCUT2D eigenvalue weighted by molar-refractivity contribution is 0.329. The second-order valence-electron chi connectivity index (χ2n) is 6.76. The molecule has 8 nitrogen and oxygen atoms in total. The molecule has 0 atom stereocenters. The molecule has 0 radical (unpaired) electrons. The molecule has 0 bridgehead atoms. The summed E-state index contributed by atoms with van der Waals surface area (Å²) in [6, 6.07) is 7.60. The SMILES string of the molecule is COc1ccc(-c2noc(C3CCN(c4ccncn4)CC3)n2)c2occc12. The second-order valence-corrected chi connectivity index (χ2v) is 6.76. The number of hydrogen-bond acceptors (Lipinski definition) is 8. The number of anilines is 1. The van der Waals surface area contributed by atoms with Crippen molar-refractivity contribution in [3.63, 3.8) is 0 Å². The summed E-state index contributed by atoms with van der Waals surface area (Å²) in [6.45, 7) is 1.79. The van der Waals surface area contributed by atoms with Gasteiger partial charge in [-0.05, 0) is 37.1 Å². The summed E-state index contributed by atoms with van der Waals surface area (Å²) < 4.78 is 16.6. The number of fused-ring (bicyclic) bond motifs is 1. The largest absolute Gasteiger partial charge is 0.496 e. The number of methoxy groups -OCH3 is 1. The fourth-order valence-corrected chi connectivity index (χ4v) is 3.73. The first-order valence-corrected chi connectivity index (χ1v) is 9.22. The zero-order valence-corrected chi connectivity index (χ0v) is 15.4. The van der Waals surface area contributed by atoms with E-state index in [1.807, 2.05) is 24.3 Å². The Morgan fingerprint density at radius 2 is 2.04 bits per heavy atom. The molecule has 0 spiro atoms. The molecule has 0 amide bonds. The van der Waals surface area contributed by atoms with Gasteiger partial charge in [-0.25, -0.2) is 9.97 Å². The Bertz CT molecular complexity index is 1080. The molecule has 1 saturated heterocycles. The maximum Gasteiger partial charge on any atom is 0.230 e. The van der Waals surface area contributed by atoms with Crippen molar-refractivity contribution in [1.29, 1.82) is 0 Å². The van der Waals surface area contributed by atoms with Gasteiger partial charge in [0.2, 0.25) is 11.7 Å². The normalized spacial score (nSPS) is 15.2. The van der Waals surface area contributed by atoms with Crippen LogP contribution in [-0.2, 0) is 0 Å². The fourth-order valence-electron chi connectivity index (χ4n) is 3.73. The first kappa shape index (κ1) is 16.7. The van der Waals surface area contributed by atoms with E-state index in [1.165, 1.54) is 0 Å². The lowest BCUT2D eigenvalue weighted by Crippen LogP contribution is -2.33. The van der Waals surface area contributed by atoms with Crippen LogP contribution >= 0.6 is 0 Å². The van der Waals surface area contributed by atoms with E-state index in [-0.39, 0.29) is 5.92 Å². The third-order valence-electron chi connectivity index (χ3n) is 5.21. The van der Waals surface area contributed by atoms with Gasteiger partial charge in [0.15, 0.2) is 0 Å². The van der Waals surface area contributed by atoms with Gasteiger partial charge < -0.3 is 18.6 Å². The number of furan rings is 1. The second kappa shape index (κ2) is 6.95. The van der Waals surface area contributed by atoms with Gasteiger partial charge in [-0.15, -0.1) is 0 Å². The molecular formula is C20H19N5O3. The molecule has 4 heterocycles. The van der Waals surface area contributed by atoms with Crippen LogP contribution in [0, 0.1) is 0 Å². The molecule has 1 aromatic carbocycles. The molecule has 1 fully saturated rings. The van der Waals surface area contributed by atoms with Crippen molar-refractivity contribution >= 4 is 16.8 Å². The molecule has 3 aromatic heterocycles. The van der Waals surface area contributed by atoms with Crippen LogP contribution in [0.25, 0.3) is 22.4 Å². The van der Waals surface area contributed by atoms with Gasteiger partial charge in [0, 0.05) is 25.2 Å². The molecule has 0 unspecified atom stereocenters. The first-order valence-electron chi connectivity index (χ1n) is 9.22. The van der Waals surface area contributed by atoms with Crippen LogP contribution in [0.4, 0.5) is 5.82 Å². The van der Waals surface area contributed by atoms with Gasteiger partial charge in [0.05, 0.1) is 24.3 Å². The lowest BCUT2D eigenvalue weighted by atomic mass is 9.97. The number of benzene rings is 1. The molecule has 1 aliphatic rings. The highest BCUT2D eigenvalue weighted by atomic mass is 16.5. The molecular weight excluding hydrogens is 358 g/mol. The number of ether oxygens (including phenoxy) is 1. The van der Waals surface area contributed by atoms with Gasteiger partial charge in [-0.1, -0.05) is 5.16 Å². The van der Waals surface area contributed by atoms with Gasteiger partial charge in [0.1, 0.15) is 23.5 Å². The summed E-state index contributed by atoms with van der Waals surface area (Å²) in [5.41, 5.74) is 1.50. The van der Waals surface area contributed by atoms with Crippen molar-refractivity contribution in [2.24, 2.45) is 0 Å². The molecule has 1 aliphatic heterocycles. The number of nitrogens with zero attached hydrogens (tertiary/aromatic N) is 5. The summed E-state index contributed by atoms with van der Waals surface area (Å²) in [4.78, 5) is 15.2. The maximum absolute atomic E-state index is 5.64. The highest BCUT2D eigenvalue weighted by Crippen LogP contribution is 2.35. The standard InChI is InChI=1S/C20H19N5O3/c1-26-16-3-2-15(18-14(16)7-11-27-18)19-23-20(28-24-19)13-5-9-25(10-6-13)17-4-8-21-12-22-17/h2-4,7-8,11-13H,5-6,9-10H2,1H3. The van der Waals surface area contributed by atoms with Crippen molar-refractivity contribution in [3.8, 4) is 17.1 Å². The summed E-state index contributed by atoms with van der Waals surface area (Å²) >= 11 is 0. The van der Waals surface area contributed by atoms with Crippen LogP contribution in [0.15, 0.2) is 52.0 Å². The summed E-state index contributed by atoms with van der Waals surface area (Å²) in [6.07, 6.45) is 6.86. The van der Waals surface area contributed by atoms with Crippen LogP contribution in [0.1, 0.15) is 24.7 Å². The van der Waals surface area contributed by atoms with Crippen LogP contribution in [-0.4, -0.2) is 40.3 Å². The Balaban J connectivity index is 1.36.